The highest BCUT2D eigenvalue weighted by Gasteiger charge is 2.29. The summed E-state index contributed by atoms with van der Waals surface area (Å²) in [5.74, 6) is 0.707. The Morgan fingerprint density at radius 3 is 2.58 bits per heavy atom. The summed E-state index contributed by atoms with van der Waals surface area (Å²) in [4.78, 5) is 24.4. The van der Waals surface area contributed by atoms with Crippen molar-refractivity contribution in [3.8, 4) is 11.4 Å². The predicted octanol–water partition coefficient (Wildman–Crippen LogP) is 1.73. The third-order valence-corrected chi connectivity index (χ3v) is 4.05. The lowest BCUT2D eigenvalue weighted by Gasteiger charge is -2.03. The maximum atomic E-state index is 12.7. The monoisotopic (exact) mass is 328 g/mol. The first-order valence-electron chi connectivity index (χ1n) is 7.82. The molecule has 1 fully saturated rings. The summed E-state index contributed by atoms with van der Waals surface area (Å²) in [5.41, 5.74) is 4.66. The fourth-order valence-electron chi connectivity index (χ4n) is 2.52. The summed E-state index contributed by atoms with van der Waals surface area (Å²) < 4.78 is 6.57. The van der Waals surface area contributed by atoms with Crippen molar-refractivity contribution >= 4 is 11.6 Å². The van der Waals surface area contributed by atoms with Crippen molar-refractivity contribution in [1.29, 1.82) is 0 Å². The molecule has 1 heterocycles. The Balaban J connectivity index is 1.89. The number of ether oxygens (including phenoxy) is 1. The van der Waals surface area contributed by atoms with Crippen LogP contribution in [0.4, 0.5) is 0 Å². The van der Waals surface area contributed by atoms with Crippen LogP contribution in [0.25, 0.3) is 5.69 Å². The molecule has 2 N–H and O–H groups in total. The quantitative estimate of drug-likeness (QED) is 0.647. The maximum Gasteiger partial charge on any atom is 0.280 e. The lowest BCUT2D eigenvalue weighted by atomic mass is 10.2. The van der Waals surface area contributed by atoms with Gasteiger partial charge in [-0.3, -0.25) is 14.7 Å². The molecule has 0 radical (unpaired) electrons. The van der Waals surface area contributed by atoms with Crippen molar-refractivity contribution in [3.63, 3.8) is 0 Å². The largest absolute Gasteiger partial charge is 0.497 e. The molecule has 126 valence electrons. The maximum absolute atomic E-state index is 12.7. The summed E-state index contributed by atoms with van der Waals surface area (Å²) in [6, 6.07) is 7.16. The van der Waals surface area contributed by atoms with Crippen molar-refractivity contribution in [2.75, 3.05) is 7.11 Å². The molecule has 24 heavy (non-hydrogen) atoms. The van der Waals surface area contributed by atoms with Gasteiger partial charge in [0.1, 0.15) is 5.75 Å². The molecule has 0 bridgehead atoms. The topological polar surface area (TPSA) is 88.5 Å². The van der Waals surface area contributed by atoms with E-state index in [1.165, 1.54) is 4.68 Å². The van der Waals surface area contributed by atoms with Gasteiger partial charge in [0.2, 0.25) is 5.91 Å². The predicted molar refractivity (Wildman–Crippen MR) is 90.8 cm³/mol. The second-order valence-electron chi connectivity index (χ2n) is 5.90. The van der Waals surface area contributed by atoms with Gasteiger partial charge in [-0.05, 0) is 51.0 Å². The smallest absolute Gasteiger partial charge is 0.280 e. The Labute approximate surface area is 139 Å². The van der Waals surface area contributed by atoms with Gasteiger partial charge in [-0.15, -0.1) is 0 Å². The number of amides is 1. The lowest BCUT2D eigenvalue weighted by molar-refractivity contribution is -0.122. The standard InChI is InChI=1S/C17H20N4O3/c1-10(18-19-16(22)12-4-5-12)15-11(2)20-21(17(15)23)13-6-8-14(24-3)9-7-13/h6-9,12,20H,4-5H2,1-3H3,(H,19,22). The van der Waals surface area contributed by atoms with E-state index in [2.05, 4.69) is 15.6 Å². The number of hydrazone groups is 1. The van der Waals surface area contributed by atoms with E-state index >= 15 is 0 Å². The molecule has 7 heteroatoms. The number of hydrogen-bond acceptors (Lipinski definition) is 4. The normalized spacial score (nSPS) is 14.5. The minimum atomic E-state index is -0.209. The average Bonchev–Trinajstić information content (AvgIpc) is 3.38. The number of hydrogen-bond donors (Lipinski definition) is 2. The van der Waals surface area contributed by atoms with Gasteiger partial charge in [-0.2, -0.15) is 5.10 Å². The van der Waals surface area contributed by atoms with Gasteiger partial charge in [0.25, 0.3) is 5.56 Å². The number of rotatable bonds is 5. The van der Waals surface area contributed by atoms with Crippen molar-refractivity contribution in [2.24, 2.45) is 11.0 Å². The molecular weight excluding hydrogens is 308 g/mol. The van der Waals surface area contributed by atoms with E-state index < -0.39 is 0 Å². The second kappa shape index (κ2) is 6.35. The Hall–Kier alpha value is -2.83. The molecule has 0 unspecified atom stereocenters. The van der Waals surface area contributed by atoms with Crippen LogP contribution in [0.1, 0.15) is 31.0 Å². The van der Waals surface area contributed by atoms with E-state index in [-0.39, 0.29) is 17.4 Å². The SMILES string of the molecule is COc1ccc(-n2[nH]c(C)c(C(C)=NNC(=O)C3CC3)c2=O)cc1. The summed E-state index contributed by atoms with van der Waals surface area (Å²) in [7, 11) is 1.59. The molecule has 7 nitrogen and oxygen atoms in total. The van der Waals surface area contributed by atoms with Crippen LogP contribution in [0.2, 0.25) is 0 Å². The molecule has 1 amide bonds. The van der Waals surface area contributed by atoms with Crippen LogP contribution in [0, 0.1) is 12.8 Å². The number of benzene rings is 1. The molecule has 1 aromatic heterocycles. The fraction of sp³-hybridized carbons (Fsp3) is 0.353. The molecule has 1 saturated carbocycles. The van der Waals surface area contributed by atoms with E-state index in [9.17, 15) is 9.59 Å². The van der Waals surface area contributed by atoms with E-state index in [0.29, 0.717) is 22.7 Å². The fourth-order valence-corrected chi connectivity index (χ4v) is 2.52. The molecular formula is C17H20N4O3. The Morgan fingerprint density at radius 2 is 2.00 bits per heavy atom. The van der Waals surface area contributed by atoms with Crippen LogP contribution in [-0.2, 0) is 4.79 Å². The summed E-state index contributed by atoms with van der Waals surface area (Å²) in [6.07, 6.45) is 1.82. The number of aromatic amines is 1. The first-order chi connectivity index (χ1) is 11.5. The number of methoxy groups -OCH3 is 1. The van der Waals surface area contributed by atoms with Gasteiger partial charge in [-0.25, -0.2) is 10.1 Å². The highest BCUT2D eigenvalue weighted by atomic mass is 16.5. The Morgan fingerprint density at radius 1 is 1.33 bits per heavy atom. The third kappa shape index (κ3) is 3.10. The molecule has 1 aromatic carbocycles. The number of nitrogens with zero attached hydrogens (tertiary/aromatic N) is 2. The highest BCUT2D eigenvalue weighted by molar-refractivity contribution is 6.00. The summed E-state index contributed by atoms with van der Waals surface area (Å²) >= 11 is 0. The number of H-pyrrole nitrogens is 1. The molecule has 2 aromatic rings. The molecule has 1 aliphatic rings. The average molecular weight is 328 g/mol. The van der Waals surface area contributed by atoms with Crippen molar-refractivity contribution < 1.29 is 9.53 Å². The van der Waals surface area contributed by atoms with Crippen molar-refractivity contribution in [3.05, 3.63) is 45.9 Å². The number of carbonyl (C=O) groups excluding carboxylic acids is 1. The molecule has 0 aliphatic heterocycles. The van der Waals surface area contributed by atoms with Gasteiger partial charge in [0.05, 0.1) is 24.1 Å². The number of aromatic nitrogens is 2. The van der Waals surface area contributed by atoms with E-state index in [1.54, 1.807) is 45.2 Å². The van der Waals surface area contributed by atoms with Gasteiger partial charge < -0.3 is 4.74 Å². The van der Waals surface area contributed by atoms with Gasteiger partial charge >= 0.3 is 0 Å². The summed E-state index contributed by atoms with van der Waals surface area (Å²) in [6.45, 7) is 3.52. The number of carbonyl (C=O) groups is 1. The minimum absolute atomic E-state index is 0.0739. The van der Waals surface area contributed by atoms with Gasteiger partial charge in [0.15, 0.2) is 0 Å². The zero-order valence-corrected chi connectivity index (χ0v) is 13.9. The first kappa shape index (κ1) is 16.0. The summed E-state index contributed by atoms with van der Waals surface area (Å²) in [5, 5.41) is 7.12. The molecule has 1 aliphatic carbocycles. The molecule has 0 spiro atoms. The second-order valence-corrected chi connectivity index (χ2v) is 5.90. The lowest BCUT2D eigenvalue weighted by Crippen LogP contribution is -2.24. The molecule has 3 rings (SSSR count). The van der Waals surface area contributed by atoms with Crippen LogP contribution < -0.4 is 15.7 Å². The number of nitrogens with one attached hydrogen (secondary N) is 2. The van der Waals surface area contributed by atoms with Crippen LogP contribution >= 0.6 is 0 Å². The van der Waals surface area contributed by atoms with Crippen LogP contribution in [0.3, 0.4) is 0 Å². The zero-order valence-electron chi connectivity index (χ0n) is 13.9. The van der Waals surface area contributed by atoms with E-state index in [4.69, 9.17) is 4.74 Å². The highest BCUT2D eigenvalue weighted by Crippen LogP contribution is 2.28. The van der Waals surface area contributed by atoms with Crippen molar-refractivity contribution in [1.82, 2.24) is 15.2 Å². The first-order valence-corrected chi connectivity index (χ1v) is 7.82. The zero-order chi connectivity index (χ0) is 17.3. The molecule has 0 atom stereocenters. The minimum Gasteiger partial charge on any atom is -0.497 e. The Kier molecular flexibility index (Phi) is 4.24. The van der Waals surface area contributed by atoms with E-state index in [0.717, 1.165) is 18.6 Å². The third-order valence-electron chi connectivity index (χ3n) is 4.05. The van der Waals surface area contributed by atoms with Crippen molar-refractivity contribution in [2.45, 2.75) is 26.7 Å². The number of aryl methyl sites for hydroxylation is 1. The van der Waals surface area contributed by atoms with Crippen LogP contribution in [-0.4, -0.2) is 28.5 Å². The van der Waals surface area contributed by atoms with E-state index in [1.807, 2.05) is 0 Å². The van der Waals surface area contributed by atoms with Crippen LogP contribution in [0.15, 0.2) is 34.2 Å². The van der Waals surface area contributed by atoms with Gasteiger partial charge in [-0.1, -0.05) is 0 Å². The molecule has 0 saturated heterocycles. The van der Waals surface area contributed by atoms with Gasteiger partial charge in [0, 0.05) is 11.6 Å². The Bertz CT molecular complexity index is 842. The van der Waals surface area contributed by atoms with Crippen LogP contribution in [0.5, 0.6) is 5.75 Å².